The van der Waals surface area contributed by atoms with Crippen molar-refractivity contribution in [1.82, 2.24) is 15.1 Å². The number of aliphatic hydroxyl groups excluding tert-OH is 1. The Balaban J connectivity index is 1.49. The lowest BCUT2D eigenvalue weighted by Crippen LogP contribution is -2.42. The molecule has 1 aromatic rings. The molecule has 0 aromatic heterocycles. The molecule has 1 saturated heterocycles. The molecule has 6 heteroatoms. The van der Waals surface area contributed by atoms with E-state index in [1.165, 1.54) is 11.1 Å². The molecule has 1 aromatic carbocycles. The van der Waals surface area contributed by atoms with E-state index in [-0.39, 0.29) is 0 Å². The molecule has 0 amide bonds. The highest BCUT2D eigenvalue weighted by Gasteiger charge is 2.25. The van der Waals surface area contributed by atoms with Crippen molar-refractivity contribution in [2.24, 2.45) is 10.9 Å². The maximum atomic E-state index is 10.6. The number of fused-ring (bicyclic) bond motifs is 1. The van der Waals surface area contributed by atoms with Gasteiger partial charge in [0.25, 0.3) is 0 Å². The minimum absolute atomic E-state index is 0.438. The molecule has 0 radical (unpaired) electrons. The second-order valence-corrected chi connectivity index (χ2v) is 7.86. The Hall–Kier alpha value is -1.63. The number of rotatable bonds is 8. The lowest BCUT2D eigenvalue weighted by atomic mass is 10.00. The molecule has 6 nitrogen and oxygen atoms in total. The number of likely N-dealkylation sites (tertiary alicyclic amines) is 1. The first-order valence-electron chi connectivity index (χ1n) is 10.8. The Morgan fingerprint density at radius 2 is 2.11 bits per heavy atom. The number of aliphatic imine (C=N–C) groups is 1. The van der Waals surface area contributed by atoms with Crippen molar-refractivity contribution in [2.45, 2.75) is 39.3 Å². The summed E-state index contributed by atoms with van der Waals surface area (Å²) in [6.07, 6.45) is 1.75. The quantitative estimate of drug-likeness (QED) is 0.525. The van der Waals surface area contributed by atoms with Gasteiger partial charge in [-0.05, 0) is 37.8 Å². The van der Waals surface area contributed by atoms with Gasteiger partial charge in [-0.2, -0.15) is 0 Å². The average Bonchev–Trinajstić information content (AvgIpc) is 3.18. The van der Waals surface area contributed by atoms with Gasteiger partial charge in [0.1, 0.15) is 0 Å². The van der Waals surface area contributed by atoms with E-state index in [0.717, 1.165) is 64.7 Å². The standard InChI is InChI=1S/C22H36N4O2/c1-3-23-22(26-12-9-18(14-26)17-28-4-2)24-13-21(27)16-25-11-10-19-7-5-6-8-20(19)15-25/h5-8,18,21,27H,3-4,9-17H2,1-2H3,(H,23,24). The minimum atomic E-state index is -0.444. The van der Waals surface area contributed by atoms with Crippen molar-refractivity contribution in [3.63, 3.8) is 0 Å². The van der Waals surface area contributed by atoms with Crippen LogP contribution >= 0.6 is 0 Å². The fourth-order valence-electron chi connectivity index (χ4n) is 4.13. The van der Waals surface area contributed by atoms with Crippen LogP contribution < -0.4 is 5.32 Å². The van der Waals surface area contributed by atoms with E-state index in [9.17, 15) is 5.11 Å². The first-order chi connectivity index (χ1) is 13.7. The third-order valence-corrected chi connectivity index (χ3v) is 5.61. The normalized spacial score (nSPS) is 21.6. The summed E-state index contributed by atoms with van der Waals surface area (Å²) in [4.78, 5) is 9.37. The van der Waals surface area contributed by atoms with Crippen LogP contribution in [0.4, 0.5) is 0 Å². The highest BCUT2D eigenvalue weighted by molar-refractivity contribution is 5.80. The van der Waals surface area contributed by atoms with Gasteiger partial charge in [-0.3, -0.25) is 9.89 Å². The first kappa shape index (κ1) is 21.1. The molecule has 2 unspecified atom stereocenters. The van der Waals surface area contributed by atoms with Crippen molar-refractivity contribution in [3.05, 3.63) is 35.4 Å². The van der Waals surface area contributed by atoms with Crippen molar-refractivity contribution in [2.75, 3.05) is 52.5 Å². The van der Waals surface area contributed by atoms with Gasteiger partial charge in [0.05, 0.1) is 19.3 Å². The first-order valence-corrected chi connectivity index (χ1v) is 10.8. The van der Waals surface area contributed by atoms with Crippen molar-refractivity contribution in [1.29, 1.82) is 0 Å². The van der Waals surface area contributed by atoms with E-state index in [0.29, 0.717) is 19.0 Å². The van der Waals surface area contributed by atoms with Crippen molar-refractivity contribution >= 4 is 5.96 Å². The number of nitrogens with zero attached hydrogens (tertiary/aromatic N) is 3. The topological polar surface area (TPSA) is 60.3 Å². The smallest absolute Gasteiger partial charge is 0.194 e. The van der Waals surface area contributed by atoms with Gasteiger partial charge < -0.3 is 20.1 Å². The third kappa shape index (κ3) is 5.93. The molecule has 2 aliphatic rings. The summed E-state index contributed by atoms with van der Waals surface area (Å²) in [5, 5.41) is 13.9. The summed E-state index contributed by atoms with van der Waals surface area (Å²) in [5.41, 5.74) is 2.83. The molecule has 2 heterocycles. The monoisotopic (exact) mass is 388 g/mol. The molecule has 2 atom stereocenters. The van der Waals surface area contributed by atoms with Crippen LogP contribution in [-0.4, -0.2) is 79.5 Å². The summed E-state index contributed by atoms with van der Waals surface area (Å²) in [7, 11) is 0. The Morgan fingerprint density at radius 3 is 2.89 bits per heavy atom. The number of aliphatic hydroxyl groups is 1. The molecule has 156 valence electrons. The van der Waals surface area contributed by atoms with Crippen LogP contribution in [0.2, 0.25) is 0 Å². The zero-order valence-electron chi connectivity index (χ0n) is 17.4. The van der Waals surface area contributed by atoms with Crippen LogP contribution in [-0.2, 0) is 17.7 Å². The van der Waals surface area contributed by atoms with E-state index in [1.807, 2.05) is 6.92 Å². The van der Waals surface area contributed by atoms with Crippen molar-refractivity contribution in [3.8, 4) is 0 Å². The van der Waals surface area contributed by atoms with E-state index in [4.69, 9.17) is 9.73 Å². The highest BCUT2D eigenvalue weighted by Crippen LogP contribution is 2.19. The minimum Gasteiger partial charge on any atom is -0.390 e. The van der Waals surface area contributed by atoms with Crippen LogP contribution in [0.15, 0.2) is 29.3 Å². The number of benzene rings is 1. The van der Waals surface area contributed by atoms with Gasteiger partial charge >= 0.3 is 0 Å². The van der Waals surface area contributed by atoms with Crippen LogP contribution in [0.1, 0.15) is 31.4 Å². The number of hydrogen-bond donors (Lipinski definition) is 2. The fourth-order valence-corrected chi connectivity index (χ4v) is 4.13. The second kappa shape index (κ2) is 10.8. The number of β-amino-alcohol motifs (C(OH)–C–C–N with tert-alkyl or cyclic N) is 1. The largest absolute Gasteiger partial charge is 0.390 e. The molecule has 2 N–H and O–H groups in total. The average molecular weight is 389 g/mol. The van der Waals surface area contributed by atoms with Gasteiger partial charge in [0.15, 0.2) is 5.96 Å². The molecular weight excluding hydrogens is 352 g/mol. The fraction of sp³-hybridized carbons (Fsp3) is 0.682. The summed E-state index contributed by atoms with van der Waals surface area (Å²) in [6, 6.07) is 8.62. The van der Waals surface area contributed by atoms with E-state index in [2.05, 4.69) is 46.3 Å². The van der Waals surface area contributed by atoms with Gasteiger partial charge in [-0.25, -0.2) is 0 Å². The van der Waals surface area contributed by atoms with Crippen LogP contribution in [0.25, 0.3) is 0 Å². The number of hydrogen-bond acceptors (Lipinski definition) is 4. The van der Waals surface area contributed by atoms with E-state index in [1.54, 1.807) is 0 Å². The number of guanidine groups is 1. The predicted molar refractivity (Wildman–Crippen MR) is 114 cm³/mol. The second-order valence-electron chi connectivity index (χ2n) is 7.86. The lowest BCUT2D eigenvalue weighted by Gasteiger charge is -2.30. The SMILES string of the molecule is CCNC(=NCC(O)CN1CCc2ccccc2C1)N1CCC(COCC)C1. The number of nitrogens with one attached hydrogen (secondary N) is 1. The summed E-state index contributed by atoms with van der Waals surface area (Å²) < 4.78 is 5.58. The van der Waals surface area contributed by atoms with E-state index >= 15 is 0 Å². The molecule has 2 aliphatic heterocycles. The molecule has 0 spiro atoms. The molecule has 3 rings (SSSR count). The zero-order valence-corrected chi connectivity index (χ0v) is 17.4. The Kier molecular flexibility index (Phi) is 8.13. The maximum Gasteiger partial charge on any atom is 0.194 e. The summed E-state index contributed by atoms with van der Waals surface area (Å²) >= 11 is 0. The summed E-state index contributed by atoms with van der Waals surface area (Å²) in [6.45, 7) is 11.6. The predicted octanol–water partition coefficient (Wildman–Crippen LogP) is 1.73. The Morgan fingerprint density at radius 1 is 1.29 bits per heavy atom. The Labute approximate surface area is 169 Å². The molecule has 1 fully saturated rings. The molecule has 0 bridgehead atoms. The Bertz CT molecular complexity index is 637. The highest BCUT2D eigenvalue weighted by atomic mass is 16.5. The van der Waals surface area contributed by atoms with Crippen LogP contribution in [0, 0.1) is 5.92 Å². The van der Waals surface area contributed by atoms with Crippen LogP contribution in [0.5, 0.6) is 0 Å². The van der Waals surface area contributed by atoms with Crippen LogP contribution in [0.3, 0.4) is 0 Å². The van der Waals surface area contributed by atoms with Gasteiger partial charge in [0, 0.05) is 51.8 Å². The lowest BCUT2D eigenvalue weighted by molar-refractivity contribution is 0.111. The van der Waals surface area contributed by atoms with Gasteiger partial charge in [-0.15, -0.1) is 0 Å². The number of ether oxygens (including phenoxy) is 1. The molecule has 28 heavy (non-hydrogen) atoms. The zero-order chi connectivity index (χ0) is 19.8. The van der Waals surface area contributed by atoms with E-state index < -0.39 is 6.10 Å². The third-order valence-electron chi connectivity index (χ3n) is 5.61. The van der Waals surface area contributed by atoms with Gasteiger partial charge in [0.2, 0.25) is 0 Å². The maximum absolute atomic E-state index is 10.6. The molecule has 0 saturated carbocycles. The molecular formula is C22H36N4O2. The van der Waals surface area contributed by atoms with Gasteiger partial charge in [-0.1, -0.05) is 24.3 Å². The van der Waals surface area contributed by atoms with Crippen molar-refractivity contribution < 1.29 is 9.84 Å². The summed E-state index contributed by atoms with van der Waals surface area (Å²) in [5.74, 6) is 1.49. The molecule has 0 aliphatic carbocycles.